The number of benzene rings is 2. The second kappa shape index (κ2) is 5.41. The van der Waals surface area contributed by atoms with Crippen LogP contribution in [0.15, 0.2) is 71.4 Å². The molecule has 0 saturated carbocycles. The Morgan fingerprint density at radius 2 is 1.73 bits per heavy atom. The Kier molecular flexibility index (Phi) is 3.12. The van der Waals surface area contributed by atoms with E-state index in [1.165, 1.54) is 16.3 Å². The SMILES string of the molecule is c1ccc(-c2noc(Cc3cccc4ccccc34)n2)nc1. The van der Waals surface area contributed by atoms with Gasteiger partial charge in [0.1, 0.15) is 5.69 Å². The quantitative estimate of drug-likeness (QED) is 0.574. The van der Waals surface area contributed by atoms with Crippen LogP contribution in [0.5, 0.6) is 0 Å². The van der Waals surface area contributed by atoms with Gasteiger partial charge in [-0.15, -0.1) is 0 Å². The van der Waals surface area contributed by atoms with Crippen LogP contribution in [0.3, 0.4) is 0 Å². The van der Waals surface area contributed by atoms with Crippen molar-refractivity contribution in [2.45, 2.75) is 6.42 Å². The van der Waals surface area contributed by atoms with Gasteiger partial charge in [-0.05, 0) is 28.5 Å². The van der Waals surface area contributed by atoms with E-state index in [-0.39, 0.29) is 0 Å². The van der Waals surface area contributed by atoms with Crippen molar-refractivity contribution in [3.05, 3.63) is 78.3 Å². The van der Waals surface area contributed by atoms with E-state index in [2.05, 4.69) is 39.4 Å². The average Bonchev–Trinajstić information content (AvgIpc) is 3.05. The lowest BCUT2D eigenvalue weighted by atomic mass is 10.0. The number of hydrogen-bond acceptors (Lipinski definition) is 4. The third kappa shape index (κ3) is 2.35. The minimum absolute atomic E-state index is 0.524. The molecule has 2 heterocycles. The van der Waals surface area contributed by atoms with Crippen LogP contribution >= 0.6 is 0 Å². The van der Waals surface area contributed by atoms with Crippen molar-refractivity contribution in [3.8, 4) is 11.5 Å². The molecule has 0 saturated heterocycles. The molecule has 4 nitrogen and oxygen atoms in total. The van der Waals surface area contributed by atoms with Crippen LogP contribution in [0.2, 0.25) is 0 Å². The number of aromatic nitrogens is 3. The molecule has 0 radical (unpaired) electrons. The van der Waals surface area contributed by atoms with Crippen LogP contribution in [-0.4, -0.2) is 15.1 Å². The van der Waals surface area contributed by atoms with Crippen molar-refractivity contribution in [1.29, 1.82) is 0 Å². The molecule has 0 amide bonds. The fraction of sp³-hybridized carbons (Fsp3) is 0.0556. The summed E-state index contributed by atoms with van der Waals surface area (Å²) in [6.07, 6.45) is 2.33. The monoisotopic (exact) mass is 287 g/mol. The van der Waals surface area contributed by atoms with Gasteiger partial charge >= 0.3 is 0 Å². The lowest BCUT2D eigenvalue weighted by Crippen LogP contribution is -1.90. The molecule has 106 valence electrons. The minimum Gasteiger partial charge on any atom is -0.339 e. The molecule has 0 aliphatic heterocycles. The van der Waals surface area contributed by atoms with Crippen molar-refractivity contribution in [2.24, 2.45) is 0 Å². The number of pyridine rings is 1. The van der Waals surface area contributed by atoms with Crippen molar-refractivity contribution in [1.82, 2.24) is 15.1 Å². The maximum absolute atomic E-state index is 5.37. The second-order valence-corrected chi connectivity index (χ2v) is 5.04. The van der Waals surface area contributed by atoms with E-state index in [4.69, 9.17) is 4.52 Å². The van der Waals surface area contributed by atoms with Gasteiger partial charge in [-0.2, -0.15) is 4.98 Å². The van der Waals surface area contributed by atoms with Crippen molar-refractivity contribution < 1.29 is 4.52 Å². The summed E-state index contributed by atoms with van der Waals surface area (Å²) in [6.45, 7) is 0. The predicted molar refractivity (Wildman–Crippen MR) is 84.3 cm³/mol. The lowest BCUT2D eigenvalue weighted by Gasteiger charge is -2.03. The molecular weight excluding hydrogens is 274 g/mol. The fourth-order valence-corrected chi connectivity index (χ4v) is 2.54. The molecular formula is C18H13N3O. The molecule has 22 heavy (non-hydrogen) atoms. The van der Waals surface area contributed by atoms with Crippen molar-refractivity contribution >= 4 is 10.8 Å². The van der Waals surface area contributed by atoms with Gasteiger partial charge in [0.05, 0.1) is 6.42 Å². The fourth-order valence-electron chi connectivity index (χ4n) is 2.54. The highest BCUT2D eigenvalue weighted by Gasteiger charge is 2.11. The van der Waals surface area contributed by atoms with Crippen LogP contribution < -0.4 is 0 Å². The van der Waals surface area contributed by atoms with Crippen LogP contribution in [-0.2, 0) is 6.42 Å². The van der Waals surface area contributed by atoms with Gasteiger partial charge in [0.15, 0.2) is 0 Å². The van der Waals surface area contributed by atoms with Gasteiger partial charge in [0.2, 0.25) is 11.7 Å². The van der Waals surface area contributed by atoms with Crippen LogP contribution in [0.4, 0.5) is 0 Å². The normalized spacial score (nSPS) is 10.9. The van der Waals surface area contributed by atoms with Crippen LogP contribution in [0.1, 0.15) is 11.5 Å². The van der Waals surface area contributed by atoms with E-state index in [1.807, 2.05) is 36.4 Å². The van der Waals surface area contributed by atoms with Crippen molar-refractivity contribution in [2.75, 3.05) is 0 Å². The standard InChI is InChI=1S/C18H13N3O/c1-2-9-15-13(6-1)7-5-8-14(15)12-17-20-18(21-22-17)16-10-3-4-11-19-16/h1-11H,12H2. The summed E-state index contributed by atoms with van der Waals surface area (Å²) in [5.41, 5.74) is 1.89. The Morgan fingerprint density at radius 1 is 0.864 bits per heavy atom. The van der Waals surface area contributed by atoms with Crippen LogP contribution in [0.25, 0.3) is 22.3 Å². The van der Waals surface area contributed by atoms with E-state index in [1.54, 1.807) is 6.20 Å². The Morgan fingerprint density at radius 3 is 2.64 bits per heavy atom. The number of nitrogens with zero attached hydrogens (tertiary/aromatic N) is 3. The molecule has 0 spiro atoms. The topological polar surface area (TPSA) is 51.8 Å². The molecule has 0 N–H and O–H groups in total. The summed E-state index contributed by atoms with van der Waals surface area (Å²) in [6, 6.07) is 20.2. The minimum atomic E-state index is 0.524. The van der Waals surface area contributed by atoms with E-state index >= 15 is 0 Å². The third-order valence-electron chi connectivity index (χ3n) is 3.58. The first-order valence-corrected chi connectivity index (χ1v) is 7.11. The van der Waals surface area contributed by atoms with E-state index in [0.717, 1.165) is 5.69 Å². The molecule has 0 fully saturated rings. The maximum Gasteiger partial charge on any atom is 0.231 e. The summed E-state index contributed by atoms with van der Waals surface area (Å²) >= 11 is 0. The molecule has 0 unspecified atom stereocenters. The van der Waals surface area contributed by atoms with Gasteiger partial charge in [-0.3, -0.25) is 4.98 Å². The average molecular weight is 287 g/mol. The van der Waals surface area contributed by atoms with Crippen molar-refractivity contribution in [3.63, 3.8) is 0 Å². The first kappa shape index (κ1) is 12.7. The molecule has 0 atom stereocenters. The molecule has 4 heteroatoms. The predicted octanol–water partition coefficient (Wildman–Crippen LogP) is 3.88. The highest BCUT2D eigenvalue weighted by molar-refractivity contribution is 5.85. The Balaban J connectivity index is 1.68. The smallest absolute Gasteiger partial charge is 0.231 e. The van der Waals surface area contributed by atoms with E-state index < -0.39 is 0 Å². The van der Waals surface area contributed by atoms with Crippen LogP contribution in [0, 0.1) is 0 Å². The number of hydrogen-bond donors (Lipinski definition) is 0. The Hall–Kier alpha value is -3.01. The van der Waals surface area contributed by atoms with Gasteiger partial charge in [-0.25, -0.2) is 0 Å². The Labute approximate surface area is 127 Å². The molecule has 2 aromatic carbocycles. The summed E-state index contributed by atoms with van der Waals surface area (Å²) in [5.74, 6) is 1.12. The first-order chi connectivity index (χ1) is 10.9. The maximum atomic E-state index is 5.37. The van der Waals surface area contributed by atoms with Gasteiger partial charge < -0.3 is 4.52 Å². The first-order valence-electron chi connectivity index (χ1n) is 7.11. The highest BCUT2D eigenvalue weighted by atomic mass is 16.5. The van der Waals surface area contributed by atoms with E-state index in [9.17, 15) is 0 Å². The molecule has 4 rings (SSSR count). The lowest BCUT2D eigenvalue weighted by molar-refractivity contribution is 0.386. The summed E-state index contributed by atoms with van der Waals surface area (Å²) in [4.78, 5) is 8.68. The zero-order valence-electron chi connectivity index (χ0n) is 11.8. The zero-order chi connectivity index (χ0) is 14.8. The van der Waals surface area contributed by atoms with E-state index in [0.29, 0.717) is 18.1 Å². The van der Waals surface area contributed by atoms with Gasteiger partial charge in [-0.1, -0.05) is 53.7 Å². The summed E-state index contributed by atoms with van der Waals surface area (Å²) in [7, 11) is 0. The summed E-state index contributed by atoms with van der Waals surface area (Å²) in [5, 5.41) is 6.44. The zero-order valence-corrected chi connectivity index (χ0v) is 11.8. The molecule has 2 aromatic heterocycles. The van der Waals surface area contributed by atoms with Gasteiger partial charge in [0, 0.05) is 6.20 Å². The summed E-state index contributed by atoms with van der Waals surface area (Å²) < 4.78 is 5.37. The number of fused-ring (bicyclic) bond motifs is 1. The number of rotatable bonds is 3. The molecule has 0 bridgehead atoms. The highest BCUT2D eigenvalue weighted by Crippen LogP contribution is 2.21. The Bertz CT molecular complexity index is 910. The molecule has 4 aromatic rings. The largest absolute Gasteiger partial charge is 0.339 e. The van der Waals surface area contributed by atoms with Gasteiger partial charge in [0.25, 0.3) is 0 Å². The third-order valence-corrected chi connectivity index (χ3v) is 3.58. The second-order valence-electron chi connectivity index (χ2n) is 5.04. The molecule has 0 aliphatic rings. The molecule has 0 aliphatic carbocycles.